The van der Waals surface area contributed by atoms with Gasteiger partial charge in [0.25, 0.3) is 0 Å². The van der Waals surface area contributed by atoms with E-state index in [2.05, 4.69) is 8.73 Å². The smallest absolute Gasteiger partial charge is 0.201 e. The molecule has 6 nitrogen and oxygen atoms in total. The summed E-state index contributed by atoms with van der Waals surface area (Å²) in [6.07, 6.45) is 0. The van der Waals surface area contributed by atoms with E-state index >= 15 is 0 Å². The van der Waals surface area contributed by atoms with Gasteiger partial charge in [0, 0.05) is 30.5 Å². The van der Waals surface area contributed by atoms with Crippen LogP contribution in [-0.4, -0.2) is 29.2 Å². The lowest BCUT2D eigenvalue weighted by molar-refractivity contribution is -1.91. The molecule has 0 fully saturated rings. The fourth-order valence-corrected chi connectivity index (χ4v) is 5.62. The summed E-state index contributed by atoms with van der Waals surface area (Å²) in [4.78, 5) is 6.51. The van der Waals surface area contributed by atoms with Gasteiger partial charge in [-0.3, -0.25) is 0 Å². The van der Waals surface area contributed by atoms with Crippen LogP contribution in [0.4, 0.5) is 0 Å². The van der Waals surface area contributed by atoms with Gasteiger partial charge in [-0.25, -0.2) is 4.99 Å². The summed E-state index contributed by atoms with van der Waals surface area (Å²) in [5.41, 5.74) is 0.731. The second kappa shape index (κ2) is 5.80. The number of benzene rings is 1. The summed E-state index contributed by atoms with van der Waals surface area (Å²) in [6.45, 7) is 0. The summed E-state index contributed by atoms with van der Waals surface area (Å²) in [6, 6.07) is 9.03. The van der Waals surface area contributed by atoms with Crippen molar-refractivity contribution in [2.24, 2.45) is 4.99 Å². The van der Waals surface area contributed by atoms with Crippen molar-refractivity contribution in [3.05, 3.63) is 35.9 Å². The highest BCUT2D eigenvalue weighted by molar-refractivity contribution is 8.87. The second-order valence-corrected chi connectivity index (χ2v) is 7.78. The van der Waals surface area contributed by atoms with Crippen molar-refractivity contribution in [1.29, 1.82) is 0 Å². The maximum atomic E-state index is 10.8. The SMILES string of the molecule is CN(C)C1=NC(c2ccccc2)=S(O[Cl+3]([O-])([O-])[O-])S1. The largest absolute Gasteiger partial charge is 0.357 e. The molecule has 0 spiro atoms. The molecule has 1 unspecified atom stereocenters. The van der Waals surface area contributed by atoms with Gasteiger partial charge in [-0.1, -0.05) is 30.3 Å². The van der Waals surface area contributed by atoms with Crippen LogP contribution in [-0.2, 0) is 3.74 Å². The third-order valence-corrected chi connectivity index (χ3v) is 6.36. The van der Waals surface area contributed by atoms with Crippen LogP contribution in [0.3, 0.4) is 0 Å². The zero-order valence-corrected chi connectivity index (χ0v) is 12.5. The van der Waals surface area contributed by atoms with Gasteiger partial charge in [0.05, 0.1) is 10.2 Å². The molecule has 1 aromatic rings. The first-order valence-corrected chi connectivity index (χ1v) is 8.80. The highest BCUT2D eigenvalue weighted by atomic mass is 35.7. The molecule has 0 saturated heterocycles. The minimum Gasteiger partial charge on any atom is -0.357 e. The van der Waals surface area contributed by atoms with Crippen molar-refractivity contribution >= 4 is 30.7 Å². The average molecular weight is 323 g/mol. The van der Waals surface area contributed by atoms with E-state index in [0.29, 0.717) is 10.2 Å². The molecule has 0 radical (unpaired) electrons. The zero-order chi connectivity index (χ0) is 14.0. The highest BCUT2D eigenvalue weighted by Crippen LogP contribution is 2.43. The zero-order valence-electron chi connectivity index (χ0n) is 10.1. The van der Waals surface area contributed by atoms with E-state index < -0.39 is 20.0 Å². The summed E-state index contributed by atoms with van der Waals surface area (Å²) in [5.74, 6) is 0. The molecule has 104 valence electrons. The monoisotopic (exact) mass is 322 g/mol. The first kappa shape index (κ1) is 14.8. The Morgan fingerprint density at radius 3 is 2.37 bits per heavy atom. The van der Waals surface area contributed by atoms with Crippen LogP contribution in [0, 0.1) is 10.2 Å². The minimum atomic E-state index is -4.49. The summed E-state index contributed by atoms with van der Waals surface area (Å²) in [7, 11) is -1.08. The Morgan fingerprint density at radius 2 is 1.84 bits per heavy atom. The van der Waals surface area contributed by atoms with E-state index in [9.17, 15) is 14.0 Å². The van der Waals surface area contributed by atoms with Crippen LogP contribution >= 0.6 is 20.6 Å². The predicted octanol–water partition coefficient (Wildman–Crippen LogP) is -1.16. The van der Waals surface area contributed by atoms with Crippen LogP contribution in [0.15, 0.2) is 35.3 Å². The number of nitrogens with zero attached hydrogens (tertiary/aromatic N) is 2. The quantitative estimate of drug-likeness (QED) is 0.515. The number of rotatable bonds is 3. The molecular formula is C10H11ClN2O4S2. The van der Waals surface area contributed by atoms with Crippen molar-refractivity contribution in [2.75, 3.05) is 14.1 Å². The van der Waals surface area contributed by atoms with E-state index in [1.54, 1.807) is 43.3 Å². The van der Waals surface area contributed by atoms with Crippen LogP contribution in [0.25, 0.3) is 0 Å². The van der Waals surface area contributed by atoms with E-state index in [-0.39, 0.29) is 0 Å². The fourth-order valence-electron chi connectivity index (χ4n) is 1.28. The molecule has 0 amide bonds. The normalized spacial score (nSPS) is 19.5. The molecule has 1 aliphatic heterocycles. The highest BCUT2D eigenvalue weighted by Gasteiger charge is 2.33. The van der Waals surface area contributed by atoms with E-state index in [1.807, 2.05) is 6.07 Å². The van der Waals surface area contributed by atoms with Gasteiger partial charge >= 0.3 is 0 Å². The first-order valence-electron chi connectivity index (χ1n) is 5.08. The molecule has 0 bridgehead atoms. The molecule has 1 heterocycles. The molecule has 1 atom stereocenters. The molecule has 1 aliphatic rings. The molecule has 0 saturated carbocycles. The number of halogens is 1. The van der Waals surface area contributed by atoms with Gasteiger partial charge in [0.15, 0.2) is 5.17 Å². The molecule has 9 heteroatoms. The Kier molecular flexibility index (Phi) is 4.51. The lowest BCUT2D eigenvalue weighted by Crippen LogP contribution is -2.60. The predicted molar refractivity (Wildman–Crippen MR) is 67.9 cm³/mol. The second-order valence-electron chi connectivity index (χ2n) is 3.72. The molecule has 0 N–H and O–H groups in total. The number of amidine groups is 1. The Balaban J connectivity index is 2.37. The van der Waals surface area contributed by atoms with Gasteiger partial charge in [0.1, 0.15) is 8.72 Å². The molecule has 1 aromatic carbocycles. The molecule has 2 rings (SSSR count). The van der Waals surface area contributed by atoms with Gasteiger partial charge in [-0.2, -0.15) is 14.0 Å². The van der Waals surface area contributed by atoms with Crippen LogP contribution < -0.4 is 14.0 Å². The molecule has 0 aliphatic carbocycles. The summed E-state index contributed by atoms with van der Waals surface area (Å²) >= 11 is 0. The van der Waals surface area contributed by atoms with Crippen LogP contribution in [0.1, 0.15) is 5.56 Å². The Bertz CT molecular complexity index is 528. The molecule has 0 aromatic heterocycles. The Morgan fingerprint density at radius 1 is 1.21 bits per heavy atom. The number of aliphatic imine (C=N–C) groups is 1. The Hall–Kier alpha value is -0.610. The molecular weight excluding hydrogens is 312 g/mol. The van der Waals surface area contributed by atoms with E-state index in [4.69, 9.17) is 0 Å². The van der Waals surface area contributed by atoms with Crippen molar-refractivity contribution in [3.63, 3.8) is 0 Å². The third kappa shape index (κ3) is 3.93. The topological polar surface area (TPSA) is 94.0 Å². The van der Waals surface area contributed by atoms with E-state index in [0.717, 1.165) is 16.4 Å². The van der Waals surface area contributed by atoms with Gasteiger partial charge in [-0.05, 0) is 0 Å². The van der Waals surface area contributed by atoms with Crippen LogP contribution in [0.2, 0.25) is 0 Å². The van der Waals surface area contributed by atoms with Gasteiger partial charge in [-0.15, -0.1) is 0 Å². The van der Waals surface area contributed by atoms with Crippen molar-refractivity contribution < 1.29 is 28.0 Å². The maximum absolute atomic E-state index is 10.8. The van der Waals surface area contributed by atoms with Crippen LogP contribution in [0.5, 0.6) is 0 Å². The molecule has 19 heavy (non-hydrogen) atoms. The van der Waals surface area contributed by atoms with Crippen molar-refractivity contribution in [2.45, 2.75) is 0 Å². The summed E-state index contributed by atoms with van der Waals surface area (Å²) < 4.78 is 36.8. The third-order valence-electron chi connectivity index (χ3n) is 2.04. The lowest BCUT2D eigenvalue weighted by atomic mass is 10.2. The average Bonchev–Trinajstić information content (AvgIpc) is 2.72. The Labute approximate surface area is 119 Å². The number of hydrogen-bond donors (Lipinski definition) is 0. The maximum Gasteiger partial charge on any atom is 0.201 e. The standard InChI is InChI=1S/C10H11ClN2O4S2/c1-13(2)10-12-9(8-6-4-3-5-7-8)19(18-10)17-11(14,15)16/h3-7H,1-2H3. The first-order chi connectivity index (χ1) is 8.87. The van der Waals surface area contributed by atoms with Crippen molar-refractivity contribution in [1.82, 2.24) is 4.90 Å². The summed E-state index contributed by atoms with van der Waals surface area (Å²) in [5, 5.41) is 0.598. The lowest BCUT2D eigenvalue weighted by Gasteiger charge is -2.13. The van der Waals surface area contributed by atoms with Gasteiger partial charge < -0.3 is 4.90 Å². The van der Waals surface area contributed by atoms with E-state index in [1.165, 1.54) is 0 Å². The minimum absolute atomic E-state index is 0.446. The fraction of sp³-hybridized carbons (Fsp3) is 0.200. The van der Waals surface area contributed by atoms with Gasteiger partial charge in [0.2, 0.25) is 9.80 Å². The number of hydrogen-bond acceptors (Lipinski definition) is 7. The van der Waals surface area contributed by atoms with Crippen molar-refractivity contribution in [3.8, 4) is 0 Å².